The molecule has 0 saturated carbocycles. The van der Waals surface area contributed by atoms with E-state index in [4.69, 9.17) is 0 Å². The predicted molar refractivity (Wildman–Crippen MR) is 77.8 cm³/mol. The van der Waals surface area contributed by atoms with Gasteiger partial charge in [-0.2, -0.15) is 0 Å². The summed E-state index contributed by atoms with van der Waals surface area (Å²) >= 11 is 0. The van der Waals surface area contributed by atoms with E-state index in [0.717, 1.165) is 13.1 Å². The van der Waals surface area contributed by atoms with Gasteiger partial charge in [0.15, 0.2) is 0 Å². The highest BCUT2D eigenvalue weighted by atomic mass is 15.1. The average Bonchev–Trinajstić information content (AvgIpc) is 2.39. The molecule has 2 nitrogen and oxygen atoms in total. The maximum atomic E-state index is 3.48. The van der Waals surface area contributed by atoms with E-state index in [0.29, 0.717) is 6.04 Å². The Kier molecular flexibility index (Phi) is 5.21. The summed E-state index contributed by atoms with van der Waals surface area (Å²) in [7, 11) is 0. The van der Waals surface area contributed by atoms with Crippen LogP contribution in [0.5, 0.6) is 0 Å². The van der Waals surface area contributed by atoms with Gasteiger partial charge in [-0.1, -0.05) is 31.2 Å². The van der Waals surface area contributed by atoms with Gasteiger partial charge in [0, 0.05) is 19.1 Å². The van der Waals surface area contributed by atoms with Gasteiger partial charge in [0.2, 0.25) is 0 Å². The number of hydrogen-bond donors (Lipinski definition) is 1. The van der Waals surface area contributed by atoms with Crippen LogP contribution >= 0.6 is 0 Å². The smallest absolute Gasteiger partial charge is 0.0236 e. The molecule has 0 spiro atoms. The van der Waals surface area contributed by atoms with Crippen LogP contribution in [-0.4, -0.2) is 30.6 Å². The molecule has 1 aromatic carbocycles. The van der Waals surface area contributed by atoms with Crippen molar-refractivity contribution in [3.05, 3.63) is 35.4 Å². The van der Waals surface area contributed by atoms with E-state index in [1.807, 2.05) is 0 Å². The monoisotopic (exact) mass is 246 g/mol. The Morgan fingerprint density at radius 2 is 2.06 bits per heavy atom. The highest BCUT2D eigenvalue weighted by molar-refractivity contribution is 5.28. The molecule has 1 unspecified atom stereocenters. The molecule has 0 saturated heterocycles. The van der Waals surface area contributed by atoms with Crippen LogP contribution in [0.1, 0.15) is 37.8 Å². The average molecular weight is 246 g/mol. The van der Waals surface area contributed by atoms with Crippen molar-refractivity contribution in [2.75, 3.05) is 19.6 Å². The Hall–Kier alpha value is -0.860. The fourth-order valence-corrected chi connectivity index (χ4v) is 2.82. The highest BCUT2D eigenvalue weighted by Crippen LogP contribution is 2.18. The molecule has 1 aliphatic rings. The maximum absolute atomic E-state index is 3.48. The number of nitrogens with zero attached hydrogens (tertiary/aromatic N) is 1. The number of nitrogens with one attached hydrogen (secondary N) is 1. The lowest BCUT2D eigenvalue weighted by Crippen LogP contribution is -2.32. The molecule has 0 aromatic heterocycles. The quantitative estimate of drug-likeness (QED) is 0.830. The van der Waals surface area contributed by atoms with Crippen LogP contribution in [0.15, 0.2) is 24.3 Å². The van der Waals surface area contributed by atoms with Gasteiger partial charge in [0.1, 0.15) is 0 Å². The lowest BCUT2D eigenvalue weighted by atomic mass is 9.99. The minimum absolute atomic E-state index is 0.659. The topological polar surface area (TPSA) is 15.3 Å². The fourth-order valence-electron chi connectivity index (χ4n) is 2.82. The van der Waals surface area contributed by atoms with E-state index < -0.39 is 0 Å². The van der Waals surface area contributed by atoms with Crippen molar-refractivity contribution < 1.29 is 0 Å². The van der Waals surface area contributed by atoms with E-state index in [2.05, 4.69) is 48.3 Å². The summed E-state index contributed by atoms with van der Waals surface area (Å²) in [5.74, 6) is 0. The van der Waals surface area contributed by atoms with Gasteiger partial charge in [-0.3, -0.25) is 4.90 Å². The molecule has 0 amide bonds. The predicted octanol–water partition coefficient (Wildman–Crippen LogP) is 2.82. The van der Waals surface area contributed by atoms with Crippen molar-refractivity contribution in [2.45, 2.75) is 45.7 Å². The van der Waals surface area contributed by atoms with Crippen molar-refractivity contribution in [2.24, 2.45) is 0 Å². The lowest BCUT2D eigenvalue weighted by molar-refractivity contribution is 0.245. The number of fused-ring (bicyclic) bond motifs is 1. The van der Waals surface area contributed by atoms with Crippen LogP contribution in [-0.2, 0) is 13.0 Å². The van der Waals surface area contributed by atoms with Crippen LogP contribution in [0.3, 0.4) is 0 Å². The minimum Gasteiger partial charge on any atom is -0.315 e. The second-order valence-electron chi connectivity index (χ2n) is 5.40. The Labute approximate surface area is 111 Å². The molecule has 1 N–H and O–H groups in total. The van der Waals surface area contributed by atoms with Gasteiger partial charge in [-0.25, -0.2) is 0 Å². The molecule has 18 heavy (non-hydrogen) atoms. The van der Waals surface area contributed by atoms with Crippen LogP contribution in [0, 0.1) is 0 Å². The zero-order chi connectivity index (χ0) is 12.8. The molecular weight excluding hydrogens is 220 g/mol. The van der Waals surface area contributed by atoms with Crippen molar-refractivity contribution >= 4 is 0 Å². The molecule has 0 aliphatic carbocycles. The third kappa shape index (κ3) is 3.82. The largest absolute Gasteiger partial charge is 0.315 e. The molecule has 0 bridgehead atoms. The van der Waals surface area contributed by atoms with E-state index >= 15 is 0 Å². The summed E-state index contributed by atoms with van der Waals surface area (Å²) < 4.78 is 0. The zero-order valence-electron chi connectivity index (χ0n) is 11.8. The van der Waals surface area contributed by atoms with Crippen LogP contribution < -0.4 is 5.32 Å². The lowest BCUT2D eigenvalue weighted by Gasteiger charge is -2.29. The molecule has 2 rings (SSSR count). The first-order valence-corrected chi connectivity index (χ1v) is 7.32. The van der Waals surface area contributed by atoms with Crippen molar-refractivity contribution in [1.82, 2.24) is 10.2 Å². The van der Waals surface area contributed by atoms with Crippen molar-refractivity contribution in [3.8, 4) is 0 Å². The summed E-state index contributed by atoms with van der Waals surface area (Å²) in [5, 5.41) is 3.48. The van der Waals surface area contributed by atoms with Crippen molar-refractivity contribution in [1.29, 1.82) is 0 Å². The number of benzene rings is 1. The van der Waals surface area contributed by atoms with Crippen LogP contribution in [0.4, 0.5) is 0 Å². The molecule has 2 heteroatoms. The third-order valence-electron chi connectivity index (χ3n) is 3.87. The van der Waals surface area contributed by atoms with E-state index in [9.17, 15) is 0 Å². The Morgan fingerprint density at radius 1 is 1.28 bits per heavy atom. The van der Waals surface area contributed by atoms with Gasteiger partial charge >= 0.3 is 0 Å². The Morgan fingerprint density at radius 3 is 2.83 bits per heavy atom. The van der Waals surface area contributed by atoms with Gasteiger partial charge in [0.25, 0.3) is 0 Å². The zero-order valence-corrected chi connectivity index (χ0v) is 11.8. The molecule has 0 fully saturated rings. The first-order valence-electron chi connectivity index (χ1n) is 7.32. The second-order valence-corrected chi connectivity index (χ2v) is 5.40. The second kappa shape index (κ2) is 6.91. The summed E-state index contributed by atoms with van der Waals surface area (Å²) in [5.41, 5.74) is 3.08. The molecule has 0 radical (unpaired) electrons. The van der Waals surface area contributed by atoms with Gasteiger partial charge < -0.3 is 5.32 Å². The fraction of sp³-hybridized carbons (Fsp3) is 0.625. The normalized spacial score (nSPS) is 17.4. The molecular formula is C16H26N2. The van der Waals surface area contributed by atoms with Gasteiger partial charge in [-0.15, -0.1) is 0 Å². The molecule has 1 aromatic rings. The summed E-state index contributed by atoms with van der Waals surface area (Å²) in [6.07, 6.45) is 3.81. The van der Waals surface area contributed by atoms with Crippen LogP contribution in [0.2, 0.25) is 0 Å². The van der Waals surface area contributed by atoms with E-state index in [-0.39, 0.29) is 0 Å². The van der Waals surface area contributed by atoms with Gasteiger partial charge in [0.05, 0.1) is 0 Å². The first kappa shape index (κ1) is 13.6. The highest BCUT2D eigenvalue weighted by Gasteiger charge is 2.15. The van der Waals surface area contributed by atoms with Crippen LogP contribution in [0.25, 0.3) is 0 Å². The van der Waals surface area contributed by atoms with E-state index in [1.54, 1.807) is 5.56 Å². The third-order valence-corrected chi connectivity index (χ3v) is 3.87. The minimum atomic E-state index is 0.659. The Bertz CT molecular complexity index is 362. The summed E-state index contributed by atoms with van der Waals surface area (Å²) in [4.78, 5) is 2.60. The van der Waals surface area contributed by atoms with Gasteiger partial charge in [-0.05, 0) is 50.4 Å². The molecule has 100 valence electrons. The molecule has 1 heterocycles. The molecule has 1 atom stereocenters. The number of rotatable bonds is 6. The standard InChI is InChI=1S/C16H26N2/c1-3-17-14(2)7-6-11-18-12-10-15-8-4-5-9-16(15)13-18/h4-5,8-9,14,17H,3,6-7,10-13H2,1-2H3. The summed E-state index contributed by atoms with van der Waals surface area (Å²) in [6.45, 7) is 9.16. The first-order chi connectivity index (χ1) is 8.79. The SMILES string of the molecule is CCNC(C)CCCN1CCc2ccccc2C1. The summed E-state index contributed by atoms with van der Waals surface area (Å²) in [6, 6.07) is 9.54. The molecule has 1 aliphatic heterocycles. The maximum Gasteiger partial charge on any atom is 0.0236 e. The Balaban J connectivity index is 1.73. The van der Waals surface area contributed by atoms with Crippen molar-refractivity contribution in [3.63, 3.8) is 0 Å². The number of hydrogen-bond acceptors (Lipinski definition) is 2. The van der Waals surface area contributed by atoms with E-state index in [1.165, 1.54) is 37.9 Å².